The van der Waals surface area contributed by atoms with Crippen molar-refractivity contribution in [3.05, 3.63) is 52.8 Å². The Bertz CT molecular complexity index is 440. The summed E-state index contributed by atoms with van der Waals surface area (Å²) in [6, 6.07) is 13.4. The first-order valence-electron chi connectivity index (χ1n) is 4.15. The third-order valence-electron chi connectivity index (χ3n) is 1.90. The zero-order chi connectivity index (χ0) is 9.97. The smallest absolute Gasteiger partial charge is 0.138 e. The van der Waals surface area contributed by atoms with Gasteiger partial charge in [0, 0.05) is 5.56 Å². The highest BCUT2D eigenvalue weighted by Gasteiger charge is 2.03. The molecule has 0 N–H and O–H groups in total. The van der Waals surface area contributed by atoms with E-state index in [1.807, 2.05) is 36.4 Å². The Balaban J connectivity index is 2.53. The Morgan fingerprint density at radius 1 is 0.857 bits per heavy atom. The molecule has 0 unspecified atom stereocenters. The standard InChI is InChI=1S/C11H7Cl2N/c12-10-7-6-9(11(13)14-10)8-4-2-1-3-5-8/h1-7H. The summed E-state index contributed by atoms with van der Waals surface area (Å²) in [5.74, 6) is 0. The lowest BCUT2D eigenvalue weighted by atomic mass is 10.1. The first-order valence-corrected chi connectivity index (χ1v) is 4.90. The molecule has 0 aliphatic heterocycles. The van der Waals surface area contributed by atoms with Crippen molar-refractivity contribution >= 4 is 23.2 Å². The van der Waals surface area contributed by atoms with Crippen molar-refractivity contribution in [2.24, 2.45) is 0 Å². The first-order chi connectivity index (χ1) is 6.77. The van der Waals surface area contributed by atoms with Crippen LogP contribution in [0, 0.1) is 0 Å². The Hall–Kier alpha value is -1.05. The number of pyridine rings is 1. The van der Waals surface area contributed by atoms with Crippen molar-refractivity contribution in [2.45, 2.75) is 0 Å². The van der Waals surface area contributed by atoms with Crippen LogP contribution in [0.2, 0.25) is 10.3 Å². The lowest BCUT2D eigenvalue weighted by Crippen LogP contribution is -1.83. The van der Waals surface area contributed by atoms with Crippen LogP contribution in [-0.2, 0) is 0 Å². The molecule has 1 heterocycles. The van der Waals surface area contributed by atoms with Crippen LogP contribution < -0.4 is 0 Å². The Kier molecular flexibility index (Phi) is 2.71. The van der Waals surface area contributed by atoms with Crippen molar-refractivity contribution in [1.29, 1.82) is 0 Å². The van der Waals surface area contributed by atoms with Crippen LogP contribution in [0.3, 0.4) is 0 Å². The van der Waals surface area contributed by atoms with Gasteiger partial charge in [-0.05, 0) is 17.7 Å². The predicted molar refractivity (Wildman–Crippen MR) is 59.7 cm³/mol. The molecule has 2 rings (SSSR count). The van der Waals surface area contributed by atoms with Gasteiger partial charge in [-0.25, -0.2) is 4.98 Å². The van der Waals surface area contributed by atoms with Crippen LogP contribution in [0.4, 0.5) is 0 Å². The van der Waals surface area contributed by atoms with Gasteiger partial charge in [-0.15, -0.1) is 0 Å². The van der Waals surface area contributed by atoms with Crippen LogP contribution in [0.5, 0.6) is 0 Å². The number of hydrogen-bond donors (Lipinski definition) is 0. The van der Waals surface area contributed by atoms with Gasteiger partial charge in [0.05, 0.1) is 0 Å². The summed E-state index contributed by atoms with van der Waals surface area (Å²) in [5.41, 5.74) is 1.94. The third kappa shape index (κ3) is 1.89. The second-order valence-corrected chi connectivity index (χ2v) is 3.58. The van der Waals surface area contributed by atoms with Crippen molar-refractivity contribution in [1.82, 2.24) is 4.98 Å². The molecule has 0 bridgehead atoms. The lowest BCUT2D eigenvalue weighted by molar-refractivity contribution is 1.33. The molecular weight excluding hydrogens is 217 g/mol. The maximum absolute atomic E-state index is 5.97. The van der Waals surface area contributed by atoms with Gasteiger partial charge in [-0.1, -0.05) is 53.5 Å². The summed E-state index contributed by atoms with van der Waals surface area (Å²) in [5, 5.41) is 0.846. The molecule has 3 heteroatoms. The number of rotatable bonds is 1. The number of halogens is 2. The highest BCUT2D eigenvalue weighted by Crippen LogP contribution is 2.27. The molecular formula is C11H7Cl2N. The fourth-order valence-electron chi connectivity index (χ4n) is 1.25. The zero-order valence-electron chi connectivity index (χ0n) is 7.24. The Labute approximate surface area is 92.3 Å². The van der Waals surface area contributed by atoms with Gasteiger partial charge in [-0.3, -0.25) is 0 Å². The van der Waals surface area contributed by atoms with Gasteiger partial charge >= 0.3 is 0 Å². The van der Waals surface area contributed by atoms with E-state index < -0.39 is 0 Å². The number of nitrogens with zero attached hydrogens (tertiary/aromatic N) is 1. The lowest BCUT2D eigenvalue weighted by Gasteiger charge is -2.02. The number of aromatic nitrogens is 1. The molecule has 70 valence electrons. The normalized spacial score (nSPS) is 10.1. The highest BCUT2D eigenvalue weighted by molar-refractivity contribution is 6.34. The molecule has 0 saturated carbocycles. The maximum Gasteiger partial charge on any atom is 0.138 e. The predicted octanol–water partition coefficient (Wildman–Crippen LogP) is 4.06. The van der Waals surface area contributed by atoms with Crippen molar-refractivity contribution in [3.63, 3.8) is 0 Å². The van der Waals surface area contributed by atoms with E-state index >= 15 is 0 Å². The summed E-state index contributed by atoms with van der Waals surface area (Å²) in [6.07, 6.45) is 0. The van der Waals surface area contributed by atoms with E-state index in [1.165, 1.54) is 0 Å². The third-order valence-corrected chi connectivity index (χ3v) is 2.40. The number of benzene rings is 1. The van der Waals surface area contributed by atoms with Crippen molar-refractivity contribution in [3.8, 4) is 11.1 Å². The van der Waals surface area contributed by atoms with Crippen molar-refractivity contribution in [2.75, 3.05) is 0 Å². The van der Waals surface area contributed by atoms with E-state index in [0.29, 0.717) is 10.3 Å². The number of hydrogen-bond acceptors (Lipinski definition) is 1. The molecule has 14 heavy (non-hydrogen) atoms. The quantitative estimate of drug-likeness (QED) is 0.665. The second-order valence-electron chi connectivity index (χ2n) is 2.84. The summed E-state index contributed by atoms with van der Waals surface area (Å²) >= 11 is 11.7. The van der Waals surface area contributed by atoms with Crippen LogP contribution in [-0.4, -0.2) is 4.98 Å². The van der Waals surface area contributed by atoms with Gasteiger partial charge < -0.3 is 0 Å². The van der Waals surface area contributed by atoms with Crippen LogP contribution in [0.25, 0.3) is 11.1 Å². The summed E-state index contributed by atoms with van der Waals surface area (Å²) in [7, 11) is 0. The first kappa shape index (κ1) is 9.50. The van der Waals surface area contributed by atoms with Crippen LogP contribution >= 0.6 is 23.2 Å². The molecule has 0 amide bonds. The minimum Gasteiger partial charge on any atom is -0.224 e. The SMILES string of the molecule is Clc1ccc(-c2ccccc2)c(Cl)n1. The van der Waals surface area contributed by atoms with Crippen LogP contribution in [0.15, 0.2) is 42.5 Å². The maximum atomic E-state index is 5.97. The van der Waals surface area contributed by atoms with E-state index in [2.05, 4.69) is 4.98 Å². The molecule has 0 aliphatic rings. The van der Waals surface area contributed by atoms with E-state index in [9.17, 15) is 0 Å². The van der Waals surface area contributed by atoms with E-state index in [4.69, 9.17) is 23.2 Å². The highest BCUT2D eigenvalue weighted by atomic mass is 35.5. The molecule has 1 aromatic carbocycles. The topological polar surface area (TPSA) is 12.9 Å². The average Bonchev–Trinajstić information content (AvgIpc) is 2.19. The largest absolute Gasteiger partial charge is 0.224 e. The molecule has 0 atom stereocenters. The van der Waals surface area contributed by atoms with Gasteiger partial charge in [0.15, 0.2) is 0 Å². The Morgan fingerprint density at radius 3 is 2.21 bits per heavy atom. The minimum atomic E-state index is 0.412. The molecule has 1 nitrogen and oxygen atoms in total. The average molecular weight is 224 g/mol. The molecule has 0 fully saturated rings. The van der Waals surface area contributed by atoms with E-state index in [-0.39, 0.29) is 0 Å². The molecule has 1 aromatic heterocycles. The second kappa shape index (κ2) is 3.99. The molecule has 0 spiro atoms. The fourth-order valence-corrected chi connectivity index (χ4v) is 1.70. The Morgan fingerprint density at radius 2 is 1.57 bits per heavy atom. The van der Waals surface area contributed by atoms with E-state index in [1.54, 1.807) is 6.07 Å². The summed E-state index contributed by atoms with van der Waals surface area (Å²) in [6.45, 7) is 0. The van der Waals surface area contributed by atoms with E-state index in [0.717, 1.165) is 11.1 Å². The molecule has 0 radical (unpaired) electrons. The molecule has 0 saturated heterocycles. The molecule has 2 aromatic rings. The van der Waals surface area contributed by atoms with Gasteiger partial charge in [0.1, 0.15) is 10.3 Å². The van der Waals surface area contributed by atoms with Crippen molar-refractivity contribution < 1.29 is 0 Å². The monoisotopic (exact) mass is 223 g/mol. The van der Waals surface area contributed by atoms with Gasteiger partial charge in [-0.2, -0.15) is 0 Å². The van der Waals surface area contributed by atoms with Gasteiger partial charge in [0.25, 0.3) is 0 Å². The van der Waals surface area contributed by atoms with Crippen LogP contribution in [0.1, 0.15) is 0 Å². The molecule has 0 aliphatic carbocycles. The van der Waals surface area contributed by atoms with Gasteiger partial charge in [0.2, 0.25) is 0 Å². The fraction of sp³-hybridized carbons (Fsp3) is 0. The summed E-state index contributed by atoms with van der Waals surface area (Å²) < 4.78 is 0. The minimum absolute atomic E-state index is 0.412. The summed E-state index contributed by atoms with van der Waals surface area (Å²) in [4.78, 5) is 3.98. The zero-order valence-corrected chi connectivity index (χ0v) is 8.76.